The monoisotopic (exact) mass is 507 g/mol. The number of nitrogens with two attached hydrogens (primary N) is 1. The number of anilines is 2. The van der Waals surface area contributed by atoms with Crippen molar-refractivity contribution >= 4 is 35.0 Å². The van der Waals surface area contributed by atoms with Gasteiger partial charge in [-0.25, -0.2) is 9.37 Å². The smallest absolute Gasteiger partial charge is 0.272 e. The Morgan fingerprint density at radius 1 is 1.30 bits per heavy atom. The quantitative estimate of drug-likeness (QED) is 0.473. The molecule has 2 heterocycles. The summed E-state index contributed by atoms with van der Waals surface area (Å²) in [7, 11) is 5.05. The van der Waals surface area contributed by atoms with Gasteiger partial charge in [-0.3, -0.25) is 14.6 Å². The van der Waals surface area contributed by atoms with Crippen LogP contribution in [0.1, 0.15) is 47.3 Å². The van der Waals surface area contributed by atoms with Gasteiger partial charge in [0.15, 0.2) is 5.69 Å². The first-order chi connectivity index (χ1) is 17.8. The average Bonchev–Trinajstić information content (AvgIpc) is 3.53. The molecule has 0 radical (unpaired) electrons. The van der Waals surface area contributed by atoms with Gasteiger partial charge in [0.2, 0.25) is 5.91 Å². The Hall–Kier alpha value is -3.95. The van der Waals surface area contributed by atoms with Crippen LogP contribution in [0, 0.1) is 11.7 Å². The zero-order valence-electron chi connectivity index (χ0n) is 21.5. The van der Waals surface area contributed by atoms with E-state index in [4.69, 9.17) is 5.73 Å². The number of carbonyl (C=O) groups excluding carboxylic acids is 2. The van der Waals surface area contributed by atoms with E-state index in [2.05, 4.69) is 20.6 Å². The highest BCUT2D eigenvalue weighted by Crippen LogP contribution is 2.42. The Bertz CT molecular complexity index is 1220. The number of hydrogen-bond donors (Lipinski definition) is 3. The van der Waals surface area contributed by atoms with E-state index in [1.807, 2.05) is 11.0 Å². The van der Waals surface area contributed by atoms with Crippen LogP contribution in [0.5, 0.6) is 0 Å². The van der Waals surface area contributed by atoms with E-state index in [0.717, 1.165) is 31.4 Å². The number of aromatic nitrogens is 1. The molecule has 2 aromatic rings. The molecule has 1 saturated carbocycles. The van der Waals surface area contributed by atoms with Crippen molar-refractivity contribution < 1.29 is 14.0 Å². The summed E-state index contributed by atoms with van der Waals surface area (Å²) < 4.78 is 14.3. The number of allylic oxidation sites excluding steroid dienone is 1. The van der Waals surface area contributed by atoms with Crippen molar-refractivity contribution in [3.63, 3.8) is 0 Å². The molecule has 0 spiro atoms. The van der Waals surface area contributed by atoms with Crippen molar-refractivity contribution in [2.75, 3.05) is 37.9 Å². The number of amides is 2. The number of benzene rings is 1. The Labute approximate surface area is 216 Å². The van der Waals surface area contributed by atoms with E-state index in [1.165, 1.54) is 18.3 Å². The van der Waals surface area contributed by atoms with E-state index < -0.39 is 11.7 Å². The summed E-state index contributed by atoms with van der Waals surface area (Å²) in [4.78, 5) is 38.0. The molecule has 1 fully saturated rings. The van der Waals surface area contributed by atoms with Gasteiger partial charge in [0.1, 0.15) is 12.0 Å². The third kappa shape index (κ3) is 5.73. The van der Waals surface area contributed by atoms with Crippen molar-refractivity contribution in [1.82, 2.24) is 15.2 Å². The van der Waals surface area contributed by atoms with Crippen molar-refractivity contribution in [1.29, 1.82) is 0 Å². The summed E-state index contributed by atoms with van der Waals surface area (Å²) in [6.45, 7) is 0.229. The van der Waals surface area contributed by atoms with E-state index in [-0.39, 0.29) is 30.9 Å². The lowest BCUT2D eigenvalue weighted by atomic mass is 10.0. The number of nitrogens with one attached hydrogen (secondary N) is 2. The molecule has 0 saturated heterocycles. The minimum atomic E-state index is -0.443. The van der Waals surface area contributed by atoms with Crippen molar-refractivity contribution in [2.24, 2.45) is 16.6 Å². The molecule has 0 bridgehead atoms. The average molecular weight is 508 g/mol. The molecule has 196 valence electrons. The standard InChI is InChI=1S/C27H34FN7O2/c1-30-15-20(13-29)19-10-17(11-21(28)12-19)14-32-27(37)24-25-22(8-9-31-24)33-26(18-6-4-5-7-18)35(25)16-23(36)34(2)3/h8-13,15,18,26,33H,4-7,14,16,29H2,1-3H3,(H,32,37). The Morgan fingerprint density at radius 2 is 2.05 bits per heavy atom. The predicted octanol–water partition coefficient (Wildman–Crippen LogP) is 2.99. The highest BCUT2D eigenvalue weighted by molar-refractivity contribution is 6.09. The molecule has 1 aromatic carbocycles. The van der Waals surface area contributed by atoms with Crippen LogP contribution in [0.4, 0.5) is 15.8 Å². The first-order valence-corrected chi connectivity index (χ1v) is 12.5. The summed E-state index contributed by atoms with van der Waals surface area (Å²) in [6.07, 6.45) is 8.86. The molecule has 1 atom stereocenters. The van der Waals surface area contributed by atoms with Crippen molar-refractivity contribution in [3.05, 3.63) is 59.3 Å². The zero-order chi connectivity index (χ0) is 26.5. The summed E-state index contributed by atoms with van der Waals surface area (Å²) in [5.41, 5.74) is 9.02. The highest BCUT2D eigenvalue weighted by atomic mass is 19.1. The molecule has 2 aliphatic rings. The fraction of sp³-hybridized carbons (Fsp3) is 0.407. The second-order valence-electron chi connectivity index (χ2n) is 9.65. The first-order valence-electron chi connectivity index (χ1n) is 12.5. The number of nitrogens with zero attached hydrogens (tertiary/aromatic N) is 4. The number of carbonyl (C=O) groups is 2. The molecule has 2 amide bonds. The van der Waals surface area contributed by atoms with Crippen LogP contribution in [0.3, 0.4) is 0 Å². The fourth-order valence-electron chi connectivity index (χ4n) is 5.05. The highest BCUT2D eigenvalue weighted by Gasteiger charge is 2.39. The number of likely N-dealkylation sites (N-methyl/N-ethyl adjacent to an activating group) is 1. The second-order valence-corrected chi connectivity index (χ2v) is 9.65. The van der Waals surface area contributed by atoms with Crippen LogP contribution in [0.25, 0.3) is 5.57 Å². The minimum Gasteiger partial charge on any atom is -0.404 e. The molecule has 10 heteroatoms. The van der Waals surface area contributed by atoms with Crippen molar-refractivity contribution in [3.8, 4) is 0 Å². The molecule has 37 heavy (non-hydrogen) atoms. The third-order valence-corrected chi connectivity index (χ3v) is 6.91. The van der Waals surface area contributed by atoms with Crippen molar-refractivity contribution in [2.45, 2.75) is 38.4 Å². The first kappa shape index (κ1) is 26.1. The summed E-state index contributed by atoms with van der Waals surface area (Å²) in [5, 5.41) is 6.41. The van der Waals surface area contributed by atoms with Crippen LogP contribution >= 0.6 is 0 Å². The van der Waals surface area contributed by atoms with Crippen LogP contribution < -0.4 is 21.3 Å². The Morgan fingerprint density at radius 3 is 2.73 bits per heavy atom. The molecule has 4 rings (SSSR count). The van der Waals surface area contributed by atoms with Gasteiger partial charge in [0.25, 0.3) is 5.91 Å². The number of rotatable bonds is 8. The number of halogens is 1. The van der Waals surface area contributed by atoms with Crippen LogP contribution in [-0.2, 0) is 11.3 Å². The Balaban J connectivity index is 1.59. The van der Waals surface area contributed by atoms with Gasteiger partial charge in [-0.1, -0.05) is 12.8 Å². The second kappa shape index (κ2) is 11.4. The number of aliphatic imine (C=N–C) groups is 1. The normalized spacial score (nSPS) is 17.7. The van der Waals surface area contributed by atoms with E-state index >= 15 is 0 Å². The predicted molar refractivity (Wildman–Crippen MR) is 144 cm³/mol. The molecular formula is C27H34FN7O2. The maximum absolute atomic E-state index is 14.3. The number of fused-ring (bicyclic) bond motifs is 1. The van der Waals surface area contributed by atoms with E-state index in [1.54, 1.807) is 44.5 Å². The molecule has 9 nitrogen and oxygen atoms in total. The number of hydrogen-bond acceptors (Lipinski definition) is 7. The zero-order valence-corrected chi connectivity index (χ0v) is 21.5. The summed E-state index contributed by atoms with van der Waals surface area (Å²) >= 11 is 0. The number of pyridine rings is 1. The van der Waals surface area contributed by atoms with E-state index in [9.17, 15) is 14.0 Å². The lowest BCUT2D eigenvalue weighted by Gasteiger charge is -2.32. The Kier molecular flexibility index (Phi) is 8.05. The molecule has 1 aliphatic carbocycles. The van der Waals surface area contributed by atoms with Gasteiger partial charge in [-0.15, -0.1) is 0 Å². The van der Waals surface area contributed by atoms with Gasteiger partial charge in [0.05, 0.1) is 17.9 Å². The van der Waals surface area contributed by atoms with Crippen LogP contribution in [0.2, 0.25) is 0 Å². The molecule has 4 N–H and O–H groups in total. The van der Waals surface area contributed by atoms with Crippen LogP contribution in [0.15, 0.2) is 41.7 Å². The van der Waals surface area contributed by atoms with Gasteiger partial charge < -0.3 is 26.2 Å². The lowest BCUT2D eigenvalue weighted by molar-refractivity contribution is -0.127. The maximum atomic E-state index is 14.3. The lowest BCUT2D eigenvalue weighted by Crippen LogP contribution is -2.46. The van der Waals surface area contributed by atoms with Gasteiger partial charge in [-0.05, 0) is 54.2 Å². The SMILES string of the molecule is CN=CC(=CN)c1cc(F)cc(CNC(=O)c2nccc3c2N(CC(=O)N(C)C)C(C2CCCC2)N3)c1. The molecule has 1 aliphatic heterocycles. The maximum Gasteiger partial charge on any atom is 0.272 e. The van der Waals surface area contributed by atoms with Gasteiger partial charge >= 0.3 is 0 Å². The molecule has 1 aromatic heterocycles. The summed E-state index contributed by atoms with van der Waals surface area (Å²) in [6, 6.07) is 6.32. The minimum absolute atomic E-state index is 0.0560. The topological polar surface area (TPSA) is 116 Å². The van der Waals surface area contributed by atoms with Crippen LogP contribution in [-0.4, -0.2) is 61.8 Å². The van der Waals surface area contributed by atoms with E-state index in [0.29, 0.717) is 28.3 Å². The van der Waals surface area contributed by atoms with Gasteiger partial charge in [0, 0.05) is 51.9 Å². The largest absolute Gasteiger partial charge is 0.404 e. The fourth-order valence-corrected chi connectivity index (χ4v) is 5.05. The molecular weight excluding hydrogens is 473 g/mol. The van der Waals surface area contributed by atoms with Gasteiger partial charge in [-0.2, -0.15) is 0 Å². The summed E-state index contributed by atoms with van der Waals surface area (Å²) in [5.74, 6) is -0.523. The molecule has 1 unspecified atom stereocenters. The third-order valence-electron chi connectivity index (χ3n) is 6.91.